The Morgan fingerprint density at radius 3 is 2.88 bits per heavy atom. The minimum atomic E-state index is 0.107. The zero-order chi connectivity index (χ0) is 12.4. The van der Waals surface area contributed by atoms with Crippen LogP contribution in [-0.2, 0) is 4.79 Å². The van der Waals surface area contributed by atoms with Crippen LogP contribution in [0.1, 0.15) is 12.0 Å². The number of halogens is 1. The Kier molecular flexibility index (Phi) is 3.69. The molecule has 1 heterocycles. The van der Waals surface area contributed by atoms with Gasteiger partial charge in [-0.1, -0.05) is 11.6 Å². The molecule has 0 aliphatic carbocycles. The Bertz CT molecular complexity index is 433. The van der Waals surface area contributed by atoms with E-state index < -0.39 is 0 Å². The number of aryl methyl sites for hydroxylation is 1. The van der Waals surface area contributed by atoms with Gasteiger partial charge in [-0.15, -0.1) is 0 Å². The lowest BCUT2D eigenvalue weighted by Crippen LogP contribution is -2.25. The molecule has 0 spiro atoms. The highest BCUT2D eigenvalue weighted by Gasteiger charge is 2.26. The molecule has 1 aliphatic rings. The maximum Gasteiger partial charge on any atom is 0.228 e. The van der Waals surface area contributed by atoms with Crippen LogP contribution >= 0.6 is 11.6 Å². The Morgan fingerprint density at radius 2 is 2.29 bits per heavy atom. The molecule has 1 amide bonds. The average molecular weight is 253 g/mol. The lowest BCUT2D eigenvalue weighted by molar-refractivity contribution is -0.119. The van der Waals surface area contributed by atoms with Gasteiger partial charge in [0, 0.05) is 17.3 Å². The summed E-state index contributed by atoms with van der Waals surface area (Å²) in [6.07, 6.45) is 0.939. The predicted octanol–water partition coefficient (Wildman–Crippen LogP) is 2.54. The molecule has 4 heteroatoms. The predicted molar refractivity (Wildman–Crippen MR) is 70.4 cm³/mol. The second-order valence-electron chi connectivity index (χ2n) is 4.70. The first-order valence-electron chi connectivity index (χ1n) is 5.82. The van der Waals surface area contributed by atoms with Crippen LogP contribution in [0.4, 0.5) is 5.69 Å². The minimum absolute atomic E-state index is 0.107. The van der Waals surface area contributed by atoms with Gasteiger partial charge in [-0.25, -0.2) is 0 Å². The van der Waals surface area contributed by atoms with Crippen molar-refractivity contribution in [2.75, 3.05) is 25.5 Å². The van der Waals surface area contributed by atoms with E-state index in [1.54, 1.807) is 6.07 Å². The van der Waals surface area contributed by atoms with Crippen molar-refractivity contribution in [3.8, 4) is 0 Å². The molecule has 1 N–H and O–H groups in total. The third-order valence-corrected chi connectivity index (χ3v) is 3.44. The smallest absolute Gasteiger partial charge is 0.228 e. The van der Waals surface area contributed by atoms with Crippen LogP contribution in [0.25, 0.3) is 0 Å². The largest absolute Gasteiger partial charge is 0.326 e. The third kappa shape index (κ3) is 2.99. The van der Waals surface area contributed by atoms with E-state index in [0.29, 0.717) is 5.02 Å². The fraction of sp³-hybridized carbons (Fsp3) is 0.462. The molecule has 1 unspecified atom stereocenters. The van der Waals surface area contributed by atoms with Crippen LogP contribution in [-0.4, -0.2) is 30.9 Å². The van der Waals surface area contributed by atoms with Crippen molar-refractivity contribution >= 4 is 23.2 Å². The number of nitrogens with zero attached hydrogens (tertiary/aromatic N) is 1. The van der Waals surface area contributed by atoms with Crippen LogP contribution in [0.3, 0.4) is 0 Å². The van der Waals surface area contributed by atoms with Gasteiger partial charge in [0.25, 0.3) is 0 Å². The summed E-state index contributed by atoms with van der Waals surface area (Å²) in [6.45, 7) is 3.79. The number of benzene rings is 1. The molecule has 1 aliphatic heterocycles. The van der Waals surface area contributed by atoms with Crippen LogP contribution in [0.5, 0.6) is 0 Å². The molecule has 0 bridgehead atoms. The van der Waals surface area contributed by atoms with Crippen molar-refractivity contribution < 1.29 is 4.79 Å². The van der Waals surface area contributed by atoms with Crippen molar-refractivity contribution in [1.29, 1.82) is 0 Å². The van der Waals surface area contributed by atoms with Gasteiger partial charge >= 0.3 is 0 Å². The molecule has 3 nitrogen and oxygen atoms in total. The highest BCUT2D eigenvalue weighted by Crippen LogP contribution is 2.22. The van der Waals surface area contributed by atoms with Gasteiger partial charge < -0.3 is 10.2 Å². The summed E-state index contributed by atoms with van der Waals surface area (Å²) in [5.74, 6) is 0.217. The molecule has 1 saturated heterocycles. The maximum absolute atomic E-state index is 12.0. The zero-order valence-electron chi connectivity index (χ0n) is 10.2. The Hall–Kier alpha value is -1.06. The molecule has 2 rings (SSSR count). The standard InChI is InChI=1S/C13H17ClN2O/c1-9-7-11(14)3-4-12(9)15-13(17)10-5-6-16(2)8-10/h3-4,7,10H,5-6,8H2,1-2H3,(H,15,17). The summed E-state index contributed by atoms with van der Waals surface area (Å²) in [5, 5.41) is 3.67. The van der Waals surface area contributed by atoms with Gasteiger partial charge in [0.1, 0.15) is 0 Å². The first-order chi connectivity index (χ1) is 8.06. The van der Waals surface area contributed by atoms with E-state index in [4.69, 9.17) is 11.6 Å². The van der Waals surface area contributed by atoms with Crippen molar-refractivity contribution in [3.63, 3.8) is 0 Å². The Balaban J connectivity index is 2.03. The summed E-state index contributed by atoms with van der Waals surface area (Å²) >= 11 is 5.88. The fourth-order valence-electron chi connectivity index (χ4n) is 2.15. The number of nitrogens with one attached hydrogen (secondary N) is 1. The normalized spacial score (nSPS) is 20.5. The Morgan fingerprint density at radius 1 is 1.53 bits per heavy atom. The van der Waals surface area contributed by atoms with E-state index in [9.17, 15) is 4.79 Å². The summed E-state index contributed by atoms with van der Waals surface area (Å²) < 4.78 is 0. The molecule has 17 heavy (non-hydrogen) atoms. The number of anilines is 1. The third-order valence-electron chi connectivity index (χ3n) is 3.21. The number of carbonyl (C=O) groups excluding carboxylic acids is 1. The second-order valence-corrected chi connectivity index (χ2v) is 5.13. The van der Waals surface area contributed by atoms with E-state index in [-0.39, 0.29) is 11.8 Å². The quantitative estimate of drug-likeness (QED) is 0.877. The zero-order valence-corrected chi connectivity index (χ0v) is 10.9. The van der Waals surface area contributed by atoms with E-state index in [1.807, 2.05) is 26.1 Å². The molecule has 1 aromatic rings. The number of rotatable bonds is 2. The summed E-state index contributed by atoms with van der Waals surface area (Å²) in [6, 6.07) is 5.51. The molecule has 1 aromatic carbocycles. The molecular formula is C13H17ClN2O. The number of likely N-dealkylation sites (tertiary alicyclic amines) is 1. The lowest BCUT2D eigenvalue weighted by Gasteiger charge is -2.13. The van der Waals surface area contributed by atoms with Crippen LogP contribution in [0.2, 0.25) is 5.02 Å². The molecule has 92 valence electrons. The molecule has 0 saturated carbocycles. The highest BCUT2D eigenvalue weighted by atomic mass is 35.5. The first kappa shape index (κ1) is 12.4. The van der Waals surface area contributed by atoms with Gasteiger partial charge in [0.05, 0.1) is 5.92 Å². The number of carbonyl (C=O) groups is 1. The van der Waals surface area contributed by atoms with Gasteiger partial charge in [-0.05, 0) is 50.7 Å². The van der Waals surface area contributed by atoms with Crippen molar-refractivity contribution in [1.82, 2.24) is 4.90 Å². The van der Waals surface area contributed by atoms with E-state index in [1.165, 1.54) is 0 Å². The topological polar surface area (TPSA) is 32.3 Å². The summed E-state index contributed by atoms with van der Waals surface area (Å²) in [7, 11) is 2.04. The van der Waals surface area contributed by atoms with Crippen LogP contribution < -0.4 is 5.32 Å². The van der Waals surface area contributed by atoms with Gasteiger partial charge in [0.15, 0.2) is 0 Å². The minimum Gasteiger partial charge on any atom is -0.326 e. The average Bonchev–Trinajstić information content (AvgIpc) is 2.69. The van der Waals surface area contributed by atoms with Gasteiger partial charge in [-0.2, -0.15) is 0 Å². The number of hydrogen-bond donors (Lipinski definition) is 1. The second kappa shape index (κ2) is 5.07. The molecule has 0 radical (unpaired) electrons. The first-order valence-corrected chi connectivity index (χ1v) is 6.19. The van der Waals surface area contributed by atoms with Crippen LogP contribution in [0, 0.1) is 12.8 Å². The van der Waals surface area contributed by atoms with Gasteiger partial charge in [0.2, 0.25) is 5.91 Å². The monoisotopic (exact) mass is 252 g/mol. The maximum atomic E-state index is 12.0. The van der Waals surface area contributed by atoms with Gasteiger partial charge in [-0.3, -0.25) is 4.79 Å². The Labute approximate surface area is 107 Å². The van der Waals surface area contributed by atoms with Crippen LogP contribution in [0.15, 0.2) is 18.2 Å². The SMILES string of the molecule is Cc1cc(Cl)ccc1NC(=O)C1CCN(C)C1. The highest BCUT2D eigenvalue weighted by molar-refractivity contribution is 6.30. The van der Waals surface area contributed by atoms with Crippen molar-refractivity contribution in [3.05, 3.63) is 28.8 Å². The molecule has 1 atom stereocenters. The fourth-order valence-corrected chi connectivity index (χ4v) is 2.38. The summed E-state index contributed by atoms with van der Waals surface area (Å²) in [5.41, 5.74) is 1.85. The lowest BCUT2D eigenvalue weighted by atomic mass is 10.1. The summed E-state index contributed by atoms with van der Waals surface area (Å²) in [4.78, 5) is 14.2. The molecular weight excluding hydrogens is 236 g/mol. The van der Waals surface area contributed by atoms with Crippen molar-refractivity contribution in [2.45, 2.75) is 13.3 Å². The number of hydrogen-bond acceptors (Lipinski definition) is 2. The molecule has 1 fully saturated rings. The van der Waals surface area contributed by atoms with E-state index in [2.05, 4.69) is 10.2 Å². The van der Waals surface area contributed by atoms with E-state index in [0.717, 1.165) is 30.8 Å². The number of amides is 1. The molecule has 0 aromatic heterocycles. The van der Waals surface area contributed by atoms with E-state index >= 15 is 0 Å². The van der Waals surface area contributed by atoms with Crippen molar-refractivity contribution in [2.24, 2.45) is 5.92 Å².